The summed E-state index contributed by atoms with van der Waals surface area (Å²) in [5.41, 5.74) is 5.95. The van der Waals surface area contributed by atoms with Crippen molar-refractivity contribution < 1.29 is 4.79 Å². The van der Waals surface area contributed by atoms with Crippen LogP contribution in [0.4, 0.5) is 0 Å². The summed E-state index contributed by atoms with van der Waals surface area (Å²) in [6.07, 6.45) is 5.96. The standard InChI is InChI=1S/C26H21NO/c1-27-24(19-26(28)22-15-9-4-10-16-22)17-23(20-11-5-2-6-12-20)18-25(27)21-13-7-3-8-14-21/h2-19H,1H3/b24-19+. The Bertz CT molecular complexity index is 1060. The lowest BCUT2D eigenvalue weighted by Gasteiger charge is -2.29. The van der Waals surface area contributed by atoms with Crippen molar-refractivity contribution in [3.63, 3.8) is 0 Å². The molecule has 0 unspecified atom stereocenters. The average molecular weight is 363 g/mol. The minimum absolute atomic E-state index is 0.000392. The Kier molecular flexibility index (Phi) is 5.03. The molecule has 4 rings (SSSR count). The molecule has 0 aromatic heterocycles. The third kappa shape index (κ3) is 3.72. The van der Waals surface area contributed by atoms with Gasteiger partial charge in [0.05, 0.1) is 0 Å². The van der Waals surface area contributed by atoms with Crippen LogP contribution in [0.25, 0.3) is 11.3 Å². The molecule has 0 amide bonds. The molecule has 2 heteroatoms. The van der Waals surface area contributed by atoms with Gasteiger partial charge in [-0.05, 0) is 28.9 Å². The Morgan fingerprint density at radius 1 is 0.714 bits per heavy atom. The molecule has 0 N–H and O–H groups in total. The Morgan fingerprint density at radius 3 is 1.86 bits per heavy atom. The molecule has 1 aliphatic rings. The van der Waals surface area contributed by atoms with Crippen LogP contribution < -0.4 is 0 Å². The molecule has 0 saturated heterocycles. The summed E-state index contributed by atoms with van der Waals surface area (Å²) in [6.45, 7) is 0. The first-order valence-corrected chi connectivity index (χ1v) is 9.31. The molecule has 1 heterocycles. The second-order valence-corrected chi connectivity index (χ2v) is 6.72. The highest BCUT2D eigenvalue weighted by Gasteiger charge is 2.18. The van der Waals surface area contributed by atoms with E-state index in [-0.39, 0.29) is 5.78 Å². The van der Waals surface area contributed by atoms with Crippen LogP contribution in [0.5, 0.6) is 0 Å². The number of allylic oxidation sites excluding steroid dienone is 4. The van der Waals surface area contributed by atoms with Crippen LogP contribution >= 0.6 is 0 Å². The summed E-state index contributed by atoms with van der Waals surface area (Å²) in [5.74, 6) is 0.000392. The van der Waals surface area contributed by atoms with Gasteiger partial charge in [0.15, 0.2) is 5.78 Å². The molecule has 0 aliphatic carbocycles. The maximum absolute atomic E-state index is 12.8. The second-order valence-electron chi connectivity index (χ2n) is 6.72. The lowest BCUT2D eigenvalue weighted by molar-refractivity contribution is 0.104. The molecule has 0 spiro atoms. The molecule has 0 atom stereocenters. The second kappa shape index (κ2) is 7.93. The topological polar surface area (TPSA) is 20.3 Å². The third-order valence-electron chi connectivity index (χ3n) is 4.86. The molecule has 0 saturated carbocycles. The van der Waals surface area contributed by atoms with Gasteiger partial charge in [0.2, 0.25) is 0 Å². The molecule has 3 aromatic rings. The first-order chi connectivity index (χ1) is 13.7. The molecular weight excluding hydrogens is 342 g/mol. The molecule has 0 radical (unpaired) electrons. The number of carbonyl (C=O) groups is 1. The van der Waals surface area contributed by atoms with Gasteiger partial charge in [-0.25, -0.2) is 0 Å². The zero-order valence-electron chi connectivity index (χ0n) is 15.7. The molecule has 1 aliphatic heterocycles. The predicted octanol–water partition coefficient (Wildman–Crippen LogP) is 5.82. The van der Waals surface area contributed by atoms with Crippen LogP contribution in [0, 0.1) is 0 Å². The summed E-state index contributed by atoms with van der Waals surface area (Å²) in [6, 6.07) is 29.9. The SMILES string of the molecule is CN1C(c2ccccc2)=CC(c2ccccc2)=C/C1=C\C(=O)c1ccccc1. The normalized spacial score (nSPS) is 15.2. The van der Waals surface area contributed by atoms with Gasteiger partial charge in [-0.15, -0.1) is 0 Å². The highest BCUT2D eigenvalue weighted by Crippen LogP contribution is 2.33. The Balaban J connectivity index is 1.80. The van der Waals surface area contributed by atoms with E-state index in [4.69, 9.17) is 0 Å². The van der Waals surface area contributed by atoms with E-state index >= 15 is 0 Å². The lowest BCUT2D eigenvalue weighted by Crippen LogP contribution is -2.19. The van der Waals surface area contributed by atoms with Crippen molar-refractivity contribution in [2.45, 2.75) is 0 Å². The fraction of sp³-hybridized carbons (Fsp3) is 0.0385. The average Bonchev–Trinajstić information content (AvgIpc) is 2.77. The lowest BCUT2D eigenvalue weighted by atomic mass is 9.96. The van der Waals surface area contributed by atoms with Gasteiger partial charge in [0, 0.05) is 30.1 Å². The molecule has 3 aromatic carbocycles. The number of nitrogens with zero attached hydrogens (tertiary/aromatic N) is 1. The van der Waals surface area contributed by atoms with Crippen LogP contribution in [-0.2, 0) is 0 Å². The number of rotatable bonds is 4. The van der Waals surface area contributed by atoms with E-state index in [9.17, 15) is 4.79 Å². The summed E-state index contributed by atoms with van der Waals surface area (Å²) in [4.78, 5) is 14.9. The van der Waals surface area contributed by atoms with Gasteiger partial charge < -0.3 is 4.90 Å². The summed E-state index contributed by atoms with van der Waals surface area (Å²) in [7, 11) is 2.00. The Labute approximate surface area is 165 Å². The van der Waals surface area contributed by atoms with Gasteiger partial charge in [-0.1, -0.05) is 91.0 Å². The quantitative estimate of drug-likeness (QED) is 0.430. The number of hydrogen-bond donors (Lipinski definition) is 0. The van der Waals surface area contributed by atoms with E-state index in [1.807, 2.05) is 73.8 Å². The highest BCUT2D eigenvalue weighted by atomic mass is 16.1. The van der Waals surface area contributed by atoms with Gasteiger partial charge >= 0.3 is 0 Å². The Morgan fingerprint density at radius 2 is 1.25 bits per heavy atom. The van der Waals surface area contributed by atoms with Crippen LogP contribution in [0.15, 0.2) is 115 Å². The van der Waals surface area contributed by atoms with E-state index in [2.05, 4.69) is 41.3 Å². The van der Waals surface area contributed by atoms with Crippen LogP contribution in [0.3, 0.4) is 0 Å². The van der Waals surface area contributed by atoms with Crippen molar-refractivity contribution in [2.75, 3.05) is 7.05 Å². The smallest absolute Gasteiger partial charge is 0.187 e. The van der Waals surface area contributed by atoms with E-state index < -0.39 is 0 Å². The number of likely N-dealkylation sites (N-methyl/N-ethyl adjacent to an activating group) is 1. The Hall–Kier alpha value is -3.65. The minimum Gasteiger partial charge on any atom is -0.344 e. The predicted molar refractivity (Wildman–Crippen MR) is 115 cm³/mol. The third-order valence-corrected chi connectivity index (χ3v) is 4.86. The number of benzene rings is 3. The summed E-state index contributed by atoms with van der Waals surface area (Å²) in [5, 5.41) is 0. The molecule has 0 fully saturated rings. The number of hydrogen-bond acceptors (Lipinski definition) is 2. The highest BCUT2D eigenvalue weighted by molar-refractivity contribution is 6.05. The van der Waals surface area contributed by atoms with Crippen LogP contribution in [0.1, 0.15) is 21.5 Å². The van der Waals surface area contributed by atoms with E-state index in [1.54, 1.807) is 6.08 Å². The van der Waals surface area contributed by atoms with Crippen LogP contribution in [0.2, 0.25) is 0 Å². The maximum Gasteiger partial charge on any atom is 0.187 e. The van der Waals surface area contributed by atoms with E-state index in [0.717, 1.165) is 28.1 Å². The van der Waals surface area contributed by atoms with Crippen LogP contribution in [-0.4, -0.2) is 17.7 Å². The van der Waals surface area contributed by atoms with Gasteiger partial charge in [0.25, 0.3) is 0 Å². The molecule has 2 nitrogen and oxygen atoms in total. The first-order valence-electron chi connectivity index (χ1n) is 9.31. The largest absolute Gasteiger partial charge is 0.344 e. The van der Waals surface area contributed by atoms with E-state index in [0.29, 0.717) is 5.56 Å². The maximum atomic E-state index is 12.8. The van der Waals surface area contributed by atoms with Crippen molar-refractivity contribution in [1.82, 2.24) is 4.90 Å². The first kappa shape index (κ1) is 17.7. The van der Waals surface area contributed by atoms with Crippen molar-refractivity contribution in [2.24, 2.45) is 0 Å². The summed E-state index contributed by atoms with van der Waals surface area (Å²) >= 11 is 0. The number of ketones is 1. The molecule has 136 valence electrons. The zero-order chi connectivity index (χ0) is 19.3. The zero-order valence-corrected chi connectivity index (χ0v) is 15.7. The van der Waals surface area contributed by atoms with Gasteiger partial charge in [-0.3, -0.25) is 4.79 Å². The minimum atomic E-state index is 0.000392. The van der Waals surface area contributed by atoms with Crippen molar-refractivity contribution in [3.05, 3.63) is 132 Å². The van der Waals surface area contributed by atoms with Gasteiger partial charge in [-0.2, -0.15) is 0 Å². The van der Waals surface area contributed by atoms with Gasteiger partial charge in [0.1, 0.15) is 0 Å². The van der Waals surface area contributed by atoms with E-state index in [1.165, 1.54) is 0 Å². The fourth-order valence-corrected chi connectivity index (χ4v) is 3.32. The monoisotopic (exact) mass is 363 g/mol. The molecule has 28 heavy (non-hydrogen) atoms. The van der Waals surface area contributed by atoms with Crippen molar-refractivity contribution in [1.29, 1.82) is 0 Å². The molecule has 0 bridgehead atoms. The fourth-order valence-electron chi connectivity index (χ4n) is 3.32. The van der Waals surface area contributed by atoms with Crippen molar-refractivity contribution >= 4 is 17.1 Å². The summed E-state index contributed by atoms with van der Waals surface area (Å²) < 4.78 is 0. The van der Waals surface area contributed by atoms with Crippen molar-refractivity contribution in [3.8, 4) is 0 Å². The molecular formula is C26H21NO. The number of carbonyl (C=O) groups excluding carboxylic acids is 1.